The van der Waals surface area contributed by atoms with Gasteiger partial charge in [-0.3, -0.25) is 9.67 Å². The van der Waals surface area contributed by atoms with Gasteiger partial charge in [-0.25, -0.2) is 0 Å². The summed E-state index contributed by atoms with van der Waals surface area (Å²) >= 11 is 0. The zero-order valence-corrected chi connectivity index (χ0v) is 20.1. The second kappa shape index (κ2) is 9.35. The third-order valence-corrected chi connectivity index (χ3v) is 6.60. The first kappa shape index (κ1) is 22.4. The molecule has 1 aliphatic carbocycles. The van der Waals surface area contributed by atoms with Crippen LogP contribution in [0.1, 0.15) is 63.8 Å². The van der Waals surface area contributed by atoms with E-state index in [1.165, 1.54) is 42.6 Å². The van der Waals surface area contributed by atoms with Crippen molar-refractivity contribution < 1.29 is 4.74 Å². The standard InChI is InChI=1S/C27H36N4O/c1-19-26(32-5)14-13-25(30-19)21-11-9-20(10-12-21)16-28-24-8-6-7-22(15-24)23-17-29-31(18-23)27(2,3)4/h6-8,13-15,17-18,20-21,28H,9-12,16H2,1-5H3. The molecular weight excluding hydrogens is 396 g/mol. The van der Waals surface area contributed by atoms with Crippen molar-refractivity contribution in [2.45, 2.75) is 64.8 Å². The number of hydrogen-bond acceptors (Lipinski definition) is 4. The van der Waals surface area contributed by atoms with E-state index in [1.54, 1.807) is 7.11 Å². The largest absolute Gasteiger partial charge is 0.495 e. The van der Waals surface area contributed by atoms with E-state index < -0.39 is 0 Å². The normalized spacial score (nSPS) is 19.0. The Morgan fingerprint density at radius 2 is 1.84 bits per heavy atom. The number of rotatable bonds is 6. The molecule has 0 bridgehead atoms. The van der Waals surface area contributed by atoms with Crippen LogP contribution in [0.5, 0.6) is 5.75 Å². The fraction of sp³-hybridized carbons (Fsp3) is 0.481. The first-order valence-electron chi connectivity index (χ1n) is 11.7. The van der Waals surface area contributed by atoms with Crippen LogP contribution in [0.4, 0.5) is 5.69 Å². The van der Waals surface area contributed by atoms with E-state index in [9.17, 15) is 0 Å². The molecule has 2 aromatic heterocycles. The van der Waals surface area contributed by atoms with Crippen molar-refractivity contribution in [3.05, 3.63) is 60.2 Å². The lowest BCUT2D eigenvalue weighted by atomic mass is 9.80. The molecule has 0 unspecified atom stereocenters. The Hall–Kier alpha value is -2.82. The van der Waals surface area contributed by atoms with Gasteiger partial charge in [0, 0.05) is 35.6 Å². The Morgan fingerprint density at radius 3 is 2.50 bits per heavy atom. The third kappa shape index (κ3) is 5.14. The monoisotopic (exact) mass is 432 g/mol. The smallest absolute Gasteiger partial charge is 0.140 e. The molecule has 1 aromatic carbocycles. The summed E-state index contributed by atoms with van der Waals surface area (Å²) in [5, 5.41) is 8.23. The first-order valence-corrected chi connectivity index (χ1v) is 11.7. The molecule has 32 heavy (non-hydrogen) atoms. The highest BCUT2D eigenvalue weighted by molar-refractivity contribution is 5.67. The third-order valence-electron chi connectivity index (χ3n) is 6.60. The lowest BCUT2D eigenvalue weighted by Gasteiger charge is -2.29. The second-order valence-corrected chi connectivity index (χ2v) is 10.0. The number of aryl methyl sites for hydroxylation is 1. The minimum absolute atomic E-state index is 0.00696. The molecule has 170 valence electrons. The van der Waals surface area contributed by atoms with Crippen LogP contribution in [0, 0.1) is 12.8 Å². The van der Waals surface area contributed by atoms with Crippen LogP contribution in [0.2, 0.25) is 0 Å². The van der Waals surface area contributed by atoms with Crippen molar-refractivity contribution in [1.29, 1.82) is 0 Å². The van der Waals surface area contributed by atoms with E-state index in [1.807, 2.05) is 17.8 Å². The molecule has 0 aliphatic heterocycles. The van der Waals surface area contributed by atoms with Gasteiger partial charge in [0.1, 0.15) is 5.75 Å². The van der Waals surface area contributed by atoms with Crippen LogP contribution in [-0.4, -0.2) is 28.4 Å². The van der Waals surface area contributed by atoms with Gasteiger partial charge in [-0.2, -0.15) is 5.10 Å². The fourth-order valence-electron chi connectivity index (χ4n) is 4.58. The molecule has 2 heterocycles. The highest BCUT2D eigenvalue weighted by atomic mass is 16.5. The molecule has 1 N–H and O–H groups in total. The maximum absolute atomic E-state index is 5.36. The van der Waals surface area contributed by atoms with Gasteiger partial charge in [-0.05, 0) is 89.1 Å². The molecule has 0 amide bonds. The molecule has 5 heteroatoms. The molecule has 0 atom stereocenters. The maximum atomic E-state index is 5.36. The second-order valence-electron chi connectivity index (χ2n) is 10.0. The Labute approximate surface area is 192 Å². The average Bonchev–Trinajstić information content (AvgIpc) is 3.29. The van der Waals surface area contributed by atoms with Gasteiger partial charge in [-0.15, -0.1) is 0 Å². The van der Waals surface area contributed by atoms with E-state index in [4.69, 9.17) is 9.72 Å². The van der Waals surface area contributed by atoms with E-state index in [-0.39, 0.29) is 5.54 Å². The lowest BCUT2D eigenvalue weighted by molar-refractivity contribution is 0.334. The van der Waals surface area contributed by atoms with Gasteiger partial charge in [0.05, 0.1) is 24.5 Å². The molecule has 1 aliphatic rings. The van der Waals surface area contributed by atoms with E-state index in [0.29, 0.717) is 11.8 Å². The SMILES string of the molecule is COc1ccc(C2CCC(CNc3cccc(-c4cnn(C(C)(C)C)c4)c3)CC2)nc1C. The molecule has 0 spiro atoms. The van der Waals surface area contributed by atoms with Crippen LogP contribution in [0.3, 0.4) is 0 Å². The maximum Gasteiger partial charge on any atom is 0.140 e. The number of ether oxygens (including phenoxy) is 1. The number of methoxy groups -OCH3 is 1. The van der Waals surface area contributed by atoms with Crippen LogP contribution >= 0.6 is 0 Å². The number of nitrogens with one attached hydrogen (secondary N) is 1. The van der Waals surface area contributed by atoms with Crippen LogP contribution < -0.4 is 10.1 Å². The summed E-state index contributed by atoms with van der Waals surface area (Å²) in [5.41, 5.74) is 5.74. The fourth-order valence-corrected chi connectivity index (χ4v) is 4.58. The predicted molar refractivity (Wildman–Crippen MR) is 131 cm³/mol. The highest BCUT2D eigenvalue weighted by Gasteiger charge is 2.23. The van der Waals surface area contributed by atoms with Crippen molar-refractivity contribution in [2.75, 3.05) is 19.0 Å². The molecule has 5 nitrogen and oxygen atoms in total. The average molecular weight is 433 g/mol. The molecule has 1 fully saturated rings. The van der Waals surface area contributed by atoms with Gasteiger partial charge >= 0.3 is 0 Å². The number of pyridine rings is 1. The topological polar surface area (TPSA) is 52.0 Å². The van der Waals surface area contributed by atoms with Crippen molar-refractivity contribution >= 4 is 5.69 Å². The number of nitrogens with zero attached hydrogens (tertiary/aromatic N) is 3. The Bertz CT molecular complexity index is 1040. The number of anilines is 1. The molecule has 0 saturated heterocycles. The van der Waals surface area contributed by atoms with Gasteiger partial charge in [0.15, 0.2) is 0 Å². The Balaban J connectivity index is 1.32. The first-order chi connectivity index (χ1) is 15.3. The summed E-state index contributed by atoms with van der Waals surface area (Å²) < 4.78 is 7.38. The molecule has 1 saturated carbocycles. The summed E-state index contributed by atoms with van der Waals surface area (Å²) in [4.78, 5) is 4.79. The van der Waals surface area contributed by atoms with Crippen LogP contribution in [0.15, 0.2) is 48.8 Å². The van der Waals surface area contributed by atoms with Gasteiger partial charge in [0.25, 0.3) is 0 Å². The van der Waals surface area contributed by atoms with E-state index >= 15 is 0 Å². The summed E-state index contributed by atoms with van der Waals surface area (Å²) in [7, 11) is 1.70. The van der Waals surface area contributed by atoms with Crippen LogP contribution in [-0.2, 0) is 5.54 Å². The van der Waals surface area contributed by atoms with Crippen LogP contribution in [0.25, 0.3) is 11.1 Å². The summed E-state index contributed by atoms with van der Waals surface area (Å²) in [6.07, 6.45) is 8.98. The summed E-state index contributed by atoms with van der Waals surface area (Å²) in [6, 6.07) is 12.9. The van der Waals surface area contributed by atoms with Crippen molar-refractivity contribution in [3.63, 3.8) is 0 Å². The van der Waals surface area contributed by atoms with E-state index in [2.05, 4.69) is 73.8 Å². The van der Waals surface area contributed by atoms with E-state index in [0.717, 1.165) is 23.6 Å². The number of aromatic nitrogens is 3. The summed E-state index contributed by atoms with van der Waals surface area (Å²) in [6.45, 7) is 9.56. The minimum Gasteiger partial charge on any atom is -0.495 e. The summed E-state index contributed by atoms with van der Waals surface area (Å²) in [5.74, 6) is 2.15. The predicted octanol–water partition coefficient (Wildman–Crippen LogP) is 6.40. The lowest BCUT2D eigenvalue weighted by Crippen LogP contribution is -2.21. The number of hydrogen-bond donors (Lipinski definition) is 1. The highest BCUT2D eigenvalue weighted by Crippen LogP contribution is 2.36. The minimum atomic E-state index is -0.00696. The zero-order valence-electron chi connectivity index (χ0n) is 20.1. The number of benzene rings is 1. The van der Waals surface area contributed by atoms with Gasteiger partial charge < -0.3 is 10.1 Å². The quantitative estimate of drug-likeness (QED) is 0.489. The Kier molecular flexibility index (Phi) is 6.54. The zero-order chi connectivity index (χ0) is 22.7. The van der Waals surface area contributed by atoms with Crippen molar-refractivity contribution in [2.24, 2.45) is 5.92 Å². The van der Waals surface area contributed by atoms with Crippen molar-refractivity contribution in [1.82, 2.24) is 14.8 Å². The van der Waals surface area contributed by atoms with Gasteiger partial charge in [0.2, 0.25) is 0 Å². The molecular formula is C27H36N4O. The molecule has 4 rings (SSSR count). The molecule has 3 aromatic rings. The van der Waals surface area contributed by atoms with Crippen molar-refractivity contribution in [3.8, 4) is 16.9 Å². The Morgan fingerprint density at radius 1 is 1.06 bits per heavy atom. The molecule has 0 radical (unpaired) electrons. The van der Waals surface area contributed by atoms with Gasteiger partial charge in [-0.1, -0.05) is 12.1 Å².